The number of hydrogen-bond donors (Lipinski definition) is 1. The Hall–Kier alpha value is -3.09. The lowest BCUT2D eigenvalue weighted by Crippen LogP contribution is -2.48. The van der Waals surface area contributed by atoms with E-state index in [4.69, 9.17) is 0 Å². The van der Waals surface area contributed by atoms with Gasteiger partial charge in [-0.2, -0.15) is 0 Å². The third-order valence-corrected chi connectivity index (χ3v) is 5.70. The molecule has 3 heterocycles. The van der Waals surface area contributed by atoms with E-state index in [0.717, 1.165) is 38.6 Å². The molecule has 1 aliphatic rings. The average Bonchev–Trinajstić information content (AvgIpc) is 3.44. The summed E-state index contributed by atoms with van der Waals surface area (Å²) in [4.78, 5) is 15.2. The SMILES string of the molecule is CN=C(NCc1cccc(Cn2ccnc2)c1)N1CCC(C)C(n2ccnc2)C1. The van der Waals surface area contributed by atoms with E-state index in [1.165, 1.54) is 11.1 Å². The van der Waals surface area contributed by atoms with E-state index in [0.29, 0.717) is 12.0 Å². The Morgan fingerprint density at radius 1 is 1.17 bits per heavy atom. The molecule has 2 aromatic heterocycles. The second-order valence-corrected chi connectivity index (χ2v) is 7.74. The highest BCUT2D eigenvalue weighted by molar-refractivity contribution is 5.80. The number of hydrogen-bond acceptors (Lipinski definition) is 3. The van der Waals surface area contributed by atoms with Gasteiger partial charge in [0.1, 0.15) is 0 Å². The first kappa shape index (κ1) is 19.2. The van der Waals surface area contributed by atoms with Crippen LogP contribution in [0.3, 0.4) is 0 Å². The third kappa shape index (κ3) is 4.67. The van der Waals surface area contributed by atoms with Gasteiger partial charge in [0, 0.05) is 58.0 Å². The lowest BCUT2D eigenvalue weighted by Gasteiger charge is -2.39. The molecule has 0 bridgehead atoms. The summed E-state index contributed by atoms with van der Waals surface area (Å²) >= 11 is 0. The number of benzene rings is 1. The maximum Gasteiger partial charge on any atom is 0.193 e. The molecule has 7 heteroatoms. The van der Waals surface area contributed by atoms with Crippen molar-refractivity contribution in [1.82, 2.24) is 29.3 Å². The number of aliphatic imine (C=N–C) groups is 1. The lowest BCUT2D eigenvalue weighted by atomic mass is 9.93. The number of nitrogens with zero attached hydrogens (tertiary/aromatic N) is 6. The summed E-state index contributed by atoms with van der Waals surface area (Å²) < 4.78 is 4.31. The molecule has 1 aliphatic heterocycles. The van der Waals surface area contributed by atoms with Crippen LogP contribution < -0.4 is 5.32 Å². The quantitative estimate of drug-likeness (QED) is 0.537. The fraction of sp³-hybridized carbons (Fsp3) is 0.409. The monoisotopic (exact) mass is 391 g/mol. The Balaban J connectivity index is 1.38. The van der Waals surface area contributed by atoms with Crippen LogP contribution in [0.5, 0.6) is 0 Å². The summed E-state index contributed by atoms with van der Waals surface area (Å²) in [5.74, 6) is 1.58. The van der Waals surface area contributed by atoms with Crippen LogP contribution in [-0.4, -0.2) is 50.1 Å². The van der Waals surface area contributed by atoms with Crippen LogP contribution in [0.25, 0.3) is 0 Å². The van der Waals surface area contributed by atoms with E-state index in [9.17, 15) is 0 Å². The number of guanidine groups is 1. The molecule has 7 nitrogen and oxygen atoms in total. The molecule has 29 heavy (non-hydrogen) atoms. The zero-order valence-electron chi connectivity index (χ0n) is 17.1. The van der Waals surface area contributed by atoms with Crippen LogP contribution in [0.2, 0.25) is 0 Å². The van der Waals surface area contributed by atoms with Crippen LogP contribution in [0, 0.1) is 5.92 Å². The molecular weight excluding hydrogens is 362 g/mol. The van der Waals surface area contributed by atoms with Crippen molar-refractivity contribution in [2.24, 2.45) is 10.9 Å². The van der Waals surface area contributed by atoms with Gasteiger partial charge in [-0.05, 0) is 23.5 Å². The summed E-state index contributed by atoms with van der Waals surface area (Å²) in [6.07, 6.45) is 12.6. The summed E-state index contributed by atoms with van der Waals surface area (Å²) in [5.41, 5.74) is 2.52. The van der Waals surface area contributed by atoms with E-state index in [2.05, 4.69) is 71.7 Å². The second-order valence-electron chi connectivity index (χ2n) is 7.74. The maximum atomic E-state index is 4.55. The van der Waals surface area contributed by atoms with Crippen LogP contribution >= 0.6 is 0 Å². The van der Waals surface area contributed by atoms with Crippen molar-refractivity contribution < 1.29 is 0 Å². The van der Waals surface area contributed by atoms with E-state index in [1.807, 2.05) is 38.3 Å². The highest BCUT2D eigenvalue weighted by Gasteiger charge is 2.28. The molecule has 0 saturated carbocycles. The van der Waals surface area contributed by atoms with Crippen molar-refractivity contribution in [3.8, 4) is 0 Å². The van der Waals surface area contributed by atoms with E-state index in [1.54, 1.807) is 0 Å². The highest BCUT2D eigenvalue weighted by Crippen LogP contribution is 2.27. The minimum atomic E-state index is 0.420. The molecule has 0 radical (unpaired) electrons. The summed E-state index contributed by atoms with van der Waals surface area (Å²) in [5, 5.41) is 3.55. The maximum absolute atomic E-state index is 4.55. The van der Waals surface area contributed by atoms with E-state index >= 15 is 0 Å². The Kier molecular flexibility index (Phi) is 5.93. The number of likely N-dealkylation sites (tertiary alicyclic amines) is 1. The van der Waals surface area contributed by atoms with Crippen LogP contribution in [0.4, 0.5) is 0 Å². The van der Waals surface area contributed by atoms with Crippen LogP contribution in [0.15, 0.2) is 66.7 Å². The molecule has 1 N–H and O–H groups in total. The first-order chi connectivity index (χ1) is 14.2. The van der Waals surface area contributed by atoms with Crippen molar-refractivity contribution in [2.45, 2.75) is 32.5 Å². The van der Waals surface area contributed by atoms with Gasteiger partial charge in [0.2, 0.25) is 0 Å². The van der Waals surface area contributed by atoms with Gasteiger partial charge in [-0.1, -0.05) is 31.2 Å². The Morgan fingerprint density at radius 2 is 2.00 bits per heavy atom. The first-order valence-corrected chi connectivity index (χ1v) is 10.2. The summed E-state index contributed by atoms with van der Waals surface area (Å²) in [7, 11) is 1.86. The number of aromatic nitrogens is 4. The summed E-state index contributed by atoms with van der Waals surface area (Å²) in [6.45, 7) is 5.87. The minimum Gasteiger partial charge on any atom is -0.352 e. The average molecular weight is 392 g/mol. The number of nitrogens with one attached hydrogen (secondary N) is 1. The fourth-order valence-electron chi connectivity index (χ4n) is 4.04. The zero-order chi connectivity index (χ0) is 20.1. The molecule has 2 atom stereocenters. The van der Waals surface area contributed by atoms with Gasteiger partial charge in [0.15, 0.2) is 5.96 Å². The zero-order valence-corrected chi connectivity index (χ0v) is 17.1. The van der Waals surface area contributed by atoms with Crippen molar-refractivity contribution in [2.75, 3.05) is 20.1 Å². The van der Waals surface area contributed by atoms with Gasteiger partial charge in [0.05, 0.1) is 18.7 Å². The van der Waals surface area contributed by atoms with Gasteiger partial charge >= 0.3 is 0 Å². The van der Waals surface area contributed by atoms with Gasteiger partial charge in [-0.25, -0.2) is 9.97 Å². The third-order valence-electron chi connectivity index (χ3n) is 5.70. The number of imidazole rings is 2. The number of piperidine rings is 1. The Morgan fingerprint density at radius 3 is 2.76 bits per heavy atom. The predicted molar refractivity (Wildman–Crippen MR) is 115 cm³/mol. The Labute approximate surface area is 172 Å². The molecule has 2 unspecified atom stereocenters. The minimum absolute atomic E-state index is 0.420. The number of rotatable bonds is 5. The molecule has 4 rings (SSSR count). The molecule has 3 aromatic rings. The van der Waals surface area contributed by atoms with E-state index < -0.39 is 0 Å². The molecule has 0 spiro atoms. The normalized spacial score (nSPS) is 20.1. The molecule has 0 amide bonds. The van der Waals surface area contributed by atoms with Crippen molar-refractivity contribution >= 4 is 5.96 Å². The fourth-order valence-corrected chi connectivity index (χ4v) is 4.04. The topological polar surface area (TPSA) is 63.3 Å². The van der Waals surface area contributed by atoms with Gasteiger partial charge in [0.25, 0.3) is 0 Å². The van der Waals surface area contributed by atoms with Gasteiger partial charge in [-0.3, -0.25) is 4.99 Å². The van der Waals surface area contributed by atoms with Crippen molar-refractivity contribution in [3.63, 3.8) is 0 Å². The van der Waals surface area contributed by atoms with Crippen molar-refractivity contribution in [1.29, 1.82) is 0 Å². The molecular formula is C22H29N7. The van der Waals surface area contributed by atoms with Crippen LogP contribution in [-0.2, 0) is 13.1 Å². The molecule has 152 valence electrons. The predicted octanol–water partition coefficient (Wildman–Crippen LogP) is 2.79. The highest BCUT2D eigenvalue weighted by atomic mass is 15.3. The largest absolute Gasteiger partial charge is 0.352 e. The van der Waals surface area contributed by atoms with Gasteiger partial charge in [-0.15, -0.1) is 0 Å². The smallest absolute Gasteiger partial charge is 0.193 e. The van der Waals surface area contributed by atoms with Crippen molar-refractivity contribution in [3.05, 3.63) is 72.8 Å². The van der Waals surface area contributed by atoms with Crippen LogP contribution in [0.1, 0.15) is 30.5 Å². The van der Waals surface area contributed by atoms with E-state index in [-0.39, 0.29) is 0 Å². The molecule has 0 aliphatic carbocycles. The van der Waals surface area contributed by atoms with Gasteiger partial charge < -0.3 is 19.4 Å². The Bertz CT molecular complexity index is 915. The molecule has 1 fully saturated rings. The lowest BCUT2D eigenvalue weighted by molar-refractivity contribution is 0.189. The standard InChI is InChI=1S/C22H29N7/c1-18-6-9-28(15-21(18)29-11-8-25-17-29)22(23-2)26-13-19-4-3-5-20(12-19)14-27-10-7-24-16-27/h3-5,7-8,10-12,16-18,21H,6,9,13-15H2,1-2H3,(H,23,26). The second kappa shape index (κ2) is 8.94. The summed E-state index contributed by atoms with van der Waals surface area (Å²) in [6, 6.07) is 9.09. The first-order valence-electron chi connectivity index (χ1n) is 10.2. The molecule has 1 aromatic carbocycles. The molecule has 1 saturated heterocycles.